The van der Waals surface area contributed by atoms with E-state index < -0.39 is 0 Å². The molecule has 0 N–H and O–H groups in total. The molecular formula is C9H6N3. The second kappa shape index (κ2) is 3.09. The van der Waals surface area contributed by atoms with E-state index in [1.807, 2.05) is 12.1 Å². The van der Waals surface area contributed by atoms with E-state index in [0.29, 0.717) is 5.82 Å². The fourth-order valence-corrected chi connectivity index (χ4v) is 0.882. The van der Waals surface area contributed by atoms with Crippen molar-refractivity contribution in [1.82, 2.24) is 15.0 Å². The van der Waals surface area contributed by atoms with Crippen molar-refractivity contribution < 1.29 is 0 Å². The van der Waals surface area contributed by atoms with Crippen LogP contribution in [0.1, 0.15) is 0 Å². The lowest BCUT2D eigenvalue weighted by molar-refractivity contribution is 1.14. The van der Waals surface area contributed by atoms with E-state index in [0.717, 1.165) is 5.69 Å². The number of aromatic nitrogens is 3. The summed E-state index contributed by atoms with van der Waals surface area (Å²) in [6.07, 6.45) is 6.11. The van der Waals surface area contributed by atoms with Gasteiger partial charge in [-0.05, 0) is 18.2 Å². The van der Waals surface area contributed by atoms with Gasteiger partial charge in [0.25, 0.3) is 0 Å². The third-order valence-corrected chi connectivity index (χ3v) is 1.40. The van der Waals surface area contributed by atoms with E-state index in [-0.39, 0.29) is 0 Å². The van der Waals surface area contributed by atoms with Gasteiger partial charge in [-0.25, -0.2) is 15.0 Å². The Bertz CT molecular complexity index is 307. The van der Waals surface area contributed by atoms with Crippen LogP contribution in [0, 0.1) is 6.20 Å². The minimum atomic E-state index is 0.634. The summed E-state index contributed by atoms with van der Waals surface area (Å²) >= 11 is 0. The highest BCUT2D eigenvalue weighted by Crippen LogP contribution is 2.07. The first-order chi connectivity index (χ1) is 5.97. The molecule has 0 spiro atoms. The summed E-state index contributed by atoms with van der Waals surface area (Å²) in [5.74, 6) is 0.634. The molecule has 2 aromatic heterocycles. The summed E-state index contributed by atoms with van der Waals surface area (Å²) in [6, 6.07) is 7.23. The van der Waals surface area contributed by atoms with E-state index in [4.69, 9.17) is 0 Å². The van der Waals surface area contributed by atoms with E-state index >= 15 is 0 Å². The predicted octanol–water partition coefficient (Wildman–Crippen LogP) is 1.34. The number of hydrogen-bond donors (Lipinski definition) is 0. The van der Waals surface area contributed by atoms with Crippen LogP contribution in [0.5, 0.6) is 0 Å². The molecule has 12 heavy (non-hydrogen) atoms. The molecule has 0 fully saturated rings. The van der Waals surface area contributed by atoms with Gasteiger partial charge in [0.15, 0.2) is 5.82 Å². The summed E-state index contributed by atoms with van der Waals surface area (Å²) in [6.45, 7) is 0. The quantitative estimate of drug-likeness (QED) is 0.625. The van der Waals surface area contributed by atoms with Crippen molar-refractivity contribution in [3.63, 3.8) is 0 Å². The SMILES string of the molecule is [c]1cccc(-c2ncccn2)n1. The molecule has 1 radical (unpaired) electrons. The molecule has 0 aliphatic heterocycles. The van der Waals surface area contributed by atoms with Crippen molar-refractivity contribution >= 4 is 0 Å². The molecule has 2 heterocycles. The molecule has 0 unspecified atom stereocenters. The zero-order chi connectivity index (χ0) is 8.23. The largest absolute Gasteiger partial charge is 0.243 e. The van der Waals surface area contributed by atoms with Crippen LogP contribution in [0.4, 0.5) is 0 Å². The van der Waals surface area contributed by atoms with Gasteiger partial charge in [0.1, 0.15) is 5.69 Å². The average Bonchev–Trinajstić information content (AvgIpc) is 2.21. The monoisotopic (exact) mass is 156 g/mol. The Hall–Kier alpha value is -1.77. The van der Waals surface area contributed by atoms with Gasteiger partial charge in [-0.1, -0.05) is 6.07 Å². The highest BCUT2D eigenvalue weighted by atomic mass is 14.9. The lowest BCUT2D eigenvalue weighted by Gasteiger charge is -1.94. The Morgan fingerprint density at radius 1 is 1.08 bits per heavy atom. The van der Waals surface area contributed by atoms with Crippen molar-refractivity contribution in [3.05, 3.63) is 42.9 Å². The van der Waals surface area contributed by atoms with Gasteiger partial charge >= 0.3 is 0 Å². The van der Waals surface area contributed by atoms with Gasteiger partial charge in [-0.15, -0.1) is 0 Å². The van der Waals surface area contributed by atoms with Crippen LogP contribution >= 0.6 is 0 Å². The highest BCUT2D eigenvalue weighted by molar-refractivity contribution is 5.47. The second-order valence-electron chi connectivity index (χ2n) is 2.22. The summed E-state index contributed by atoms with van der Waals surface area (Å²) < 4.78 is 0. The standard InChI is InChI=1S/C9H6N3/c1-2-5-10-8(4-1)9-11-6-3-7-12-9/h1-4,6-7H. The molecular weight excluding hydrogens is 150 g/mol. The fraction of sp³-hybridized carbons (Fsp3) is 0. The molecule has 0 bridgehead atoms. The Kier molecular flexibility index (Phi) is 1.78. The number of pyridine rings is 1. The average molecular weight is 156 g/mol. The maximum absolute atomic E-state index is 4.06. The summed E-state index contributed by atoms with van der Waals surface area (Å²) in [5, 5.41) is 0. The molecule has 0 saturated heterocycles. The van der Waals surface area contributed by atoms with Crippen LogP contribution < -0.4 is 0 Å². The first-order valence-electron chi connectivity index (χ1n) is 3.57. The molecule has 0 aliphatic carbocycles. The van der Waals surface area contributed by atoms with E-state index in [1.165, 1.54) is 0 Å². The van der Waals surface area contributed by atoms with Gasteiger partial charge < -0.3 is 0 Å². The number of hydrogen-bond acceptors (Lipinski definition) is 3. The summed E-state index contributed by atoms with van der Waals surface area (Å²) in [5.41, 5.74) is 0.748. The molecule has 0 saturated carbocycles. The second-order valence-corrected chi connectivity index (χ2v) is 2.22. The zero-order valence-electron chi connectivity index (χ0n) is 6.31. The van der Waals surface area contributed by atoms with E-state index in [2.05, 4.69) is 21.1 Å². The first-order valence-corrected chi connectivity index (χ1v) is 3.57. The minimum absolute atomic E-state index is 0.634. The van der Waals surface area contributed by atoms with Crippen molar-refractivity contribution in [2.75, 3.05) is 0 Å². The van der Waals surface area contributed by atoms with E-state index in [1.54, 1.807) is 24.5 Å². The van der Waals surface area contributed by atoms with E-state index in [9.17, 15) is 0 Å². The topological polar surface area (TPSA) is 38.7 Å². The molecule has 0 aliphatic rings. The van der Waals surface area contributed by atoms with Gasteiger partial charge in [0.05, 0.1) is 6.20 Å². The Labute approximate surface area is 70.1 Å². The van der Waals surface area contributed by atoms with Gasteiger partial charge in [-0.3, -0.25) is 0 Å². The van der Waals surface area contributed by atoms with Crippen LogP contribution in [-0.4, -0.2) is 15.0 Å². The minimum Gasteiger partial charge on any atom is -0.243 e. The Balaban J connectivity index is 2.46. The molecule has 57 valence electrons. The number of rotatable bonds is 1. The molecule has 3 heteroatoms. The molecule has 0 amide bonds. The van der Waals surface area contributed by atoms with Crippen LogP contribution in [0.25, 0.3) is 11.5 Å². The van der Waals surface area contributed by atoms with Gasteiger partial charge in [-0.2, -0.15) is 0 Å². The maximum Gasteiger partial charge on any atom is 0.178 e. The smallest absolute Gasteiger partial charge is 0.178 e. The zero-order valence-corrected chi connectivity index (χ0v) is 6.31. The van der Waals surface area contributed by atoms with Crippen LogP contribution in [0.3, 0.4) is 0 Å². The molecule has 2 aromatic rings. The van der Waals surface area contributed by atoms with Gasteiger partial charge in [0.2, 0.25) is 0 Å². The summed E-state index contributed by atoms with van der Waals surface area (Å²) in [4.78, 5) is 12.1. The van der Waals surface area contributed by atoms with Crippen molar-refractivity contribution in [3.8, 4) is 11.5 Å². The fourth-order valence-electron chi connectivity index (χ4n) is 0.882. The predicted molar refractivity (Wildman–Crippen MR) is 44.1 cm³/mol. The lowest BCUT2D eigenvalue weighted by atomic mass is 10.3. The molecule has 0 atom stereocenters. The van der Waals surface area contributed by atoms with Crippen LogP contribution in [0.15, 0.2) is 36.7 Å². The Morgan fingerprint density at radius 2 is 1.92 bits per heavy atom. The van der Waals surface area contributed by atoms with Crippen molar-refractivity contribution in [2.24, 2.45) is 0 Å². The molecule has 3 nitrogen and oxygen atoms in total. The van der Waals surface area contributed by atoms with Crippen LogP contribution in [-0.2, 0) is 0 Å². The Morgan fingerprint density at radius 3 is 2.58 bits per heavy atom. The first kappa shape index (κ1) is 6.91. The molecule has 2 rings (SSSR count). The molecule has 0 aromatic carbocycles. The third-order valence-electron chi connectivity index (χ3n) is 1.40. The van der Waals surface area contributed by atoms with Crippen molar-refractivity contribution in [2.45, 2.75) is 0 Å². The van der Waals surface area contributed by atoms with Gasteiger partial charge in [0, 0.05) is 12.4 Å². The lowest BCUT2D eigenvalue weighted by Crippen LogP contribution is -1.88. The number of nitrogens with zero attached hydrogens (tertiary/aromatic N) is 3. The normalized spacial score (nSPS) is 9.67. The third kappa shape index (κ3) is 1.29. The highest BCUT2D eigenvalue weighted by Gasteiger charge is 1.97. The van der Waals surface area contributed by atoms with Crippen molar-refractivity contribution in [1.29, 1.82) is 0 Å². The van der Waals surface area contributed by atoms with Crippen LogP contribution in [0.2, 0.25) is 0 Å². The maximum atomic E-state index is 4.06. The summed E-state index contributed by atoms with van der Waals surface area (Å²) in [7, 11) is 0.